The Labute approximate surface area is 55.1 Å². The van der Waals surface area contributed by atoms with Gasteiger partial charge in [0.2, 0.25) is 0 Å². The lowest BCUT2D eigenvalue weighted by molar-refractivity contribution is -0.132. The van der Waals surface area contributed by atoms with Gasteiger partial charge >= 0.3 is 0 Å². The van der Waals surface area contributed by atoms with E-state index in [0.29, 0.717) is 0 Å². The Morgan fingerprint density at radius 2 is 1.78 bits per heavy atom. The molecular weight excluding hydrogens is 118 g/mol. The van der Waals surface area contributed by atoms with Crippen molar-refractivity contribution in [1.82, 2.24) is 5.32 Å². The molecule has 1 radical (unpaired) electrons. The maximum absolute atomic E-state index is 10.5. The van der Waals surface area contributed by atoms with Crippen LogP contribution in [0.25, 0.3) is 0 Å². The summed E-state index contributed by atoms with van der Waals surface area (Å²) >= 11 is 0. The molecule has 0 fully saturated rings. The topological polar surface area (TPSA) is 49.0 Å². The van der Waals surface area contributed by atoms with Crippen LogP contribution < -0.4 is 5.32 Å². The number of nitrogens with one attached hydrogen (secondary N) is 1. The van der Waals surface area contributed by atoms with Gasteiger partial charge < -0.3 is 5.32 Å². The van der Waals surface area contributed by atoms with Gasteiger partial charge in [0, 0.05) is 6.04 Å². The van der Waals surface area contributed by atoms with Gasteiger partial charge in [0.25, 0.3) is 5.91 Å². The van der Waals surface area contributed by atoms with E-state index in [1.807, 2.05) is 13.8 Å². The molecule has 0 rings (SSSR count). The minimum atomic E-state index is -1.15. The first-order valence-corrected chi connectivity index (χ1v) is 3.00. The van der Waals surface area contributed by atoms with E-state index < -0.39 is 12.0 Å². The fourth-order valence-electron chi connectivity index (χ4n) is 0.402. The van der Waals surface area contributed by atoms with Crippen LogP contribution in [-0.4, -0.2) is 18.1 Å². The molecule has 0 spiro atoms. The summed E-state index contributed by atoms with van der Waals surface area (Å²) in [5, 5.41) is 12.8. The predicted molar refractivity (Wildman–Crippen MR) is 33.4 cm³/mol. The van der Waals surface area contributed by atoms with Crippen molar-refractivity contribution < 1.29 is 9.90 Å². The van der Waals surface area contributed by atoms with Crippen LogP contribution in [0, 0.1) is 0 Å². The van der Waals surface area contributed by atoms with Gasteiger partial charge in [-0.3, -0.25) is 4.79 Å². The fourth-order valence-corrected chi connectivity index (χ4v) is 0.402. The van der Waals surface area contributed by atoms with Crippen LogP contribution in [0.5, 0.6) is 0 Å². The van der Waals surface area contributed by atoms with E-state index in [4.69, 9.17) is 0 Å². The van der Waals surface area contributed by atoms with Gasteiger partial charge in [-0.1, -0.05) is 0 Å². The molecule has 1 unspecified atom stereocenters. The fraction of sp³-hybridized carbons (Fsp3) is 0.833. The summed E-state index contributed by atoms with van der Waals surface area (Å²) in [6, 6.07) is 0.0638. The van der Waals surface area contributed by atoms with E-state index in [1.165, 1.54) is 6.92 Å². The van der Waals surface area contributed by atoms with Gasteiger partial charge in [-0.15, -0.1) is 0 Å². The summed E-state index contributed by atoms with van der Waals surface area (Å²) in [6.45, 7) is 4.97. The van der Waals surface area contributed by atoms with Gasteiger partial charge in [0.15, 0.2) is 6.10 Å². The molecule has 0 saturated heterocycles. The van der Waals surface area contributed by atoms with E-state index in [9.17, 15) is 9.90 Å². The first-order chi connectivity index (χ1) is 4.04. The second-order valence-electron chi connectivity index (χ2n) is 2.31. The standard InChI is InChI=1S/C6H12NO2/c1-4(2)7-6(9)5(3)8/h4-5H,1-3H3,(H,7,9). The number of amides is 1. The molecule has 9 heavy (non-hydrogen) atoms. The number of hydrogen-bond acceptors (Lipinski definition) is 1. The Bertz CT molecular complexity index is 99.2. The maximum Gasteiger partial charge on any atom is 0.252 e. The average molecular weight is 130 g/mol. The third-order valence-electron chi connectivity index (χ3n) is 0.800. The molecule has 0 aliphatic carbocycles. The van der Waals surface area contributed by atoms with Gasteiger partial charge in [-0.25, -0.2) is 5.11 Å². The zero-order chi connectivity index (χ0) is 7.44. The Morgan fingerprint density at radius 3 is 1.89 bits per heavy atom. The van der Waals surface area contributed by atoms with Crippen molar-refractivity contribution in [2.24, 2.45) is 0 Å². The van der Waals surface area contributed by atoms with Crippen molar-refractivity contribution in [2.75, 3.05) is 0 Å². The second-order valence-corrected chi connectivity index (χ2v) is 2.31. The monoisotopic (exact) mass is 130 g/mol. The van der Waals surface area contributed by atoms with Crippen molar-refractivity contribution in [3.8, 4) is 0 Å². The molecule has 1 atom stereocenters. The lowest BCUT2D eigenvalue weighted by Crippen LogP contribution is -2.36. The first-order valence-electron chi connectivity index (χ1n) is 3.00. The highest BCUT2D eigenvalue weighted by atomic mass is 16.3. The van der Waals surface area contributed by atoms with Crippen molar-refractivity contribution >= 4 is 5.91 Å². The van der Waals surface area contributed by atoms with Crippen molar-refractivity contribution in [3.05, 3.63) is 0 Å². The van der Waals surface area contributed by atoms with E-state index in [-0.39, 0.29) is 6.04 Å². The highest BCUT2D eigenvalue weighted by Crippen LogP contribution is 1.83. The molecule has 3 heteroatoms. The largest absolute Gasteiger partial charge is 0.352 e. The molecular formula is C6H12NO2. The van der Waals surface area contributed by atoms with Crippen LogP contribution in [0.1, 0.15) is 20.8 Å². The molecule has 1 amide bonds. The molecule has 0 saturated carbocycles. The molecule has 0 aliphatic rings. The highest BCUT2D eigenvalue weighted by molar-refractivity contribution is 5.80. The van der Waals surface area contributed by atoms with E-state index in [2.05, 4.69) is 5.32 Å². The molecule has 0 aromatic carbocycles. The summed E-state index contributed by atoms with van der Waals surface area (Å²) in [5.74, 6) is -0.426. The third kappa shape index (κ3) is 3.97. The summed E-state index contributed by atoms with van der Waals surface area (Å²) < 4.78 is 0. The smallest absolute Gasteiger partial charge is 0.252 e. The van der Waals surface area contributed by atoms with Gasteiger partial charge in [0.1, 0.15) is 0 Å². The summed E-state index contributed by atoms with van der Waals surface area (Å²) in [7, 11) is 0. The number of carbonyl (C=O) groups is 1. The lowest BCUT2D eigenvalue weighted by atomic mass is 10.3. The molecule has 53 valence electrons. The highest BCUT2D eigenvalue weighted by Gasteiger charge is 2.09. The maximum atomic E-state index is 10.5. The summed E-state index contributed by atoms with van der Waals surface area (Å²) in [5.41, 5.74) is 0. The SMILES string of the molecule is CC(C)NC(=O)C(C)[O]. The Balaban J connectivity index is 3.51. The molecule has 3 nitrogen and oxygen atoms in total. The van der Waals surface area contributed by atoms with Crippen LogP contribution in [-0.2, 0) is 9.90 Å². The molecule has 0 heterocycles. The van der Waals surface area contributed by atoms with Crippen molar-refractivity contribution in [3.63, 3.8) is 0 Å². The lowest BCUT2D eigenvalue weighted by Gasteiger charge is -2.07. The first kappa shape index (κ1) is 8.43. The van der Waals surface area contributed by atoms with Crippen LogP contribution in [0.4, 0.5) is 0 Å². The Hall–Kier alpha value is -0.570. The van der Waals surface area contributed by atoms with Crippen LogP contribution in [0.15, 0.2) is 0 Å². The second kappa shape index (κ2) is 3.45. The van der Waals surface area contributed by atoms with Gasteiger partial charge in [0.05, 0.1) is 0 Å². The normalized spacial score (nSPS) is 13.4. The zero-order valence-electron chi connectivity index (χ0n) is 5.97. The number of hydrogen-bond donors (Lipinski definition) is 1. The molecule has 1 N–H and O–H groups in total. The van der Waals surface area contributed by atoms with E-state index in [0.717, 1.165) is 0 Å². The minimum absolute atomic E-state index is 0.0638. The van der Waals surface area contributed by atoms with Crippen molar-refractivity contribution in [2.45, 2.75) is 32.9 Å². The third-order valence-corrected chi connectivity index (χ3v) is 0.800. The molecule has 0 bridgehead atoms. The number of rotatable bonds is 2. The van der Waals surface area contributed by atoms with Crippen LogP contribution >= 0.6 is 0 Å². The zero-order valence-corrected chi connectivity index (χ0v) is 5.97. The average Bonchev–Trinajstić information content (AvgIpc) is 1.63. The Kier molecular flexibility index (Phi) is 3.24. The quantitative estimate of drug-likeness (QED) is 0.575. The number of carbonyl (C=O) groups excluding carboxylic acids is 1. The summed E-state index contributed by atoms with van der Waals surface area (Å²) in [6.07, 6.45) is -1.15. The van der Waals surface area contributed by atoms with E-state index in [1.54, 1.807) is 0 Å². The van der Waals surface area contributed by atoms with Crippen LogP contribution in [0.2, 0.25) is 0 Å². The van der Waals surface area contributed by atoms with E-state index >= 15 is 0 Å². The van der Waals surface area contributed by atoms with Gasteiger partial charge in [-0.05, 0) is 20.8 Å². The summed E-state index contributed by atoms with van der Waals surface area (Å²) in [4.78, 5) is 10.5. The van der Waals surface area contributed by atoms with Gasteiger partial charge in [-0.2, -0.15) is 0 Å². The molecule has 0 aromatic heterocycles. The minimum Gasteiger partial charge on any atom is -0.352 e. The van der Waals surface area contributed by atoms with Crippen molar-refractivity contribution in [1.29, 1.82) is 0 Å². The molecule has 0 aliphatic heterocycles. The predicted octanol–water partition coefficient (Wildman–Crippen LogP) is 0.330. The molecule has 0 aromatic rings. The van der Waals surface area contributed by atoms with Crippen LogP contribution in [0.3, 0.4) is 0 Å². The Morgan fingerprint density at radius 1 is 1.33 bits per heavy atom.